The zero-order valence-corrected chi connectivity index (χ0v) is 27.3. The molecular weight excluding hydrogens is 710 g/mol. The van der Waals surface area contributed by atoms with E-state index in [1.54, 1.807) is 0 Å². The Morgan fingerprint density at radius 2 is 1.33 bits per heavy atom. The predicted octanol–water partition coefficient (Wildman–Crippen LogP) is 3.72. The summed E-state index contributed by atoms with van der Waals surface area (Å²) in [6.07, 6.45) is -7.95. The van der Waals surface area contributed by atoms with Gasteiger partial charge in [0.25, 0.3) is 0 Å². The van der Waals surface area contributed by atoms with Crippen molar-refractivity contribution in [3.8, 4) is 0 Å². The zero-order valence-electron chi connectivity index (χ0n) is 25.6. The Hall–Kier alpha value is -4.01. The minimum Gasteiger partial charge on any atom is -0.480 e. The summed E-state index contributed by atoms with van der Waals surface area (Å²) in [5.74, 6) is -10.2. The number of carboxylic acids is 2. The second-order valence-electron chi connectivity index (χ2n) is 10.8. The average Bonchev–Trinajstić information content (AvgIpc) is 3.00. The van der Waals surface area contributed by atoms with Crippen LogP contribution in [0.25, 0.3) is 0 Å². The van der Waals surface area contributed by atoms with Gasteiger partial charge in [0.2, 0.25) is 17.6 Å². The molecule has 0 spiro atoms. The third-order valence-electron chi connectivity index (χ3n) is 7.17. The molecule has 6 atom stereocenters. The molecule has 1 aliphatic carbocycles. The van der Waals surface area contributed by atoms with E-state index in [1.165, 1.54) is 0 Å². The van der Waals surface area contributed by atoms with Gasteiger partial charge in [0.1, 0.15) is 29.4 Å². The molecule has 0 aromatic carbocycles. The van der Waals surface area contributed by atoms with Crippen LogP contribution in [0.15, 0.2) is 24.5 Å². The molecule has 4 unspecified atom stereocenters. The molecule has 0 radical (unpaired) electrons. The SMILES string of the molecule is CC(=O)N[C@@H](CSC(c1ccnc(C(F)(F)F)n1)C1CCCC(C(SC[C@H](NC(C)=O)C(=O)O)c2nccc(C(F)(F)F)n2)C1=O)C(=O)O. The predicted molar refractivity (Wildman–Crippen MR) is 161 cm³/mol. The Kier molecular flexibility index (Phi) is 13.4. The molecule has 1 saturated carbocycles. The molecule has 0 saturated heterocycles. The number of amides is 2. The zero-order chi connectivity index (χ0) is 36.7. The van der Waals surface area contributed by atoms with E-state index in [9.17, 15) is 60.5 Å². The number of halogens is 6. The van der Waals surface area contributed by atoms with Gasteiger partial charge in [-0.15, -0.1) is 23.5 Å². The van der Waals surface area contributed by atoms with E-state index in [4.69, 9.17) is 0 Å². The third kappa shape index (κ3) is 11.0. The number of nitrogens with zero attached hydrogens (tertiary/aromatic N) is 4. The molecular formula is C28H30F6N6O7S2. The lowest BCUT2D eigenvalue weighted by Gasteiger charge is -2.36. The summed E-state index contributed by atoms with van der Waals surface area (Å²) >= 11 is 1.45. The van der Waals surface area contributed by atoms with Gasteiger partial charge in [-0.3, -0.25) is 14.4 Å². The average molecular weight is 741 g/mol. The summed E-state index contributed by atoms with van der Waals surface area (Å²) in [6, 6.07) is -1.31. The van der Waals surface area contributed by atoms with Crippen molar-refractivity contribution in [2.75, 3.05) is 11.5 Å². The maximum Gasteiger partial charge on any atom is 0.451 e. The molecule has 2 heterocycles. The van der Waals surface area contributed by atoms with Crippen LogP contribution in [-0.2, 0) is 36.3 Å². The van der Waals surface area contributed by atoms with E-state index in [0.29, 0.717) is 17.8 Å². The number of carbonyl (C=O) groups is 5. The Morgan fingerprint density at radius 1 is 0.816 bits per heavy atom. The minimum atomic E-state index is -4.98. The van der Waals surface area contributed by atoms with Crippen molar-refractivity contribution in [3.63, 3.8) is 0 Å². The van der Waals surface area contributed by atoms with Gasteiger partial charge in [0.05, 0.1) is 16.2 Å². The fourth-order valence-electron chi connectivity index (χ4n) is 5.07. The number of nitrogens with one attached hydrogen (secondary N) is 2. The number of aliphatic carboxylic acids is 2. The van der Waals surface area contributed by atoms with E-state index in [1.807, 2.05) is 0 Å². The Balaban J connectivity index is 2.08. The van der Waals surface area contributed by atoms with Gasteiger partial charge in [0, 0.05) is 49.6 Å². The molecule has 21 heteroatoms. The first-order valence-corrected chi connectivity index (χ1v) is 16.5. The number of hydrogen-bond donors (Lipinski definition) is 4. The lowest BCUT2D eigenvalue weighted by Crippen LogP contribution is -2.43. The molecule has 2 aromatic heterocycles. The first kappa shape index (κ1) is 39.4. The number of hydrogen-bond acceptors (Lipinski definition) is 11. The van der Waals surface area contributed by atoms with Crippen molar-refractivity contribution >= 4 is 53.1 Å². The first-order valence-electron chi connectivity index (χ1n) is 14.4. The molecule has 0 bridgehead atoms. The number of ketones is 1. The largest absolute Gasteiger partial charge is 0.480 e. The van der Waals surface area contributed by atoms with Crippen LogP contribution >= 0.6 is 23.5 Å². The molecule has 268 valence electrons. The van der Waals surface area contributed by atoms with Crippen LogP contribution in [0.4, 0.5) is 26.3 Å². The highest BCUT2D eigenvalue weighted by molar-refractivity contribution is 7.99. The first-order chi connectivity index (χ1) is 22.8. The topological polar surface area (TPSA) is 201 Å². The summed E-state index contributed by atoms with van der Waals surface area (Å²) in [6.45, 7) is 2.11. The number of carboxylic acid groups (broad SMARTS) is 2. The fraction of sp³-hybridized carbons (Fsp3) is 0.536. The highest BCUT2D eigenvalue weighted by Gasteiger charge is 2.45. The summed E-state index contributed by atoms with van der Waals surface area (Å²) in [5, 5.41) is 21.1. The van der Waals surface area contributed by atoms with E-state index in [2.05, 4.69) is 30.6 Å². The van der Waals surface area contributed by atoms with Gasteiger partial charge >= 0.3 is 24.3 Å². The van der Waals surface area contributed by atoms with Crippen molar-refractivity contribution in [3.05, 3.63) is 47.6 Å². The maximum atomic E-state index is 14.3. The van der Waals surface area contributed by atoms with Gasteiger partial charge in [-0.05, 0) is 25.0 Å². The number of carbonyl (C=O) groups excluding carboxylic acids is 3. The molecule has 3 rings (SSSR count). The van der Waals surface area contributed by atoms with E-state index < -0.39 is 105 Å². The number of alkyl halides is 6. The monoisotopic (exact) mass is 740 g/mol. The van der Waals surface area contributed by atoms with Crippen molar-refractivity contribution in [2.24, 2.45) is 11.8 Å². The second kappa shape index (κ2) is 16.6. The van der Waals surface area contributed by atoms with Crippen molar-refractivity contribution in [1.82, 2.24) is 30.6 Å². The molecule has 2 amide bonds. The summed E-state index contributed by atoms with van der Waals surface area (Å²) < 4.78 is 81.6. The summed E-state index contributed by atoms with van der Waals surface area (Å²) in [5.41, 5.74) is -1.62. The Bertz CT molecular complexity index is 1440. The molecule has 4 N–H and O–H groups in total. The fourth-order valence-corrected chi connectivity index (χ4v) is 7.89. The van der Waals surface area contributed by atoms with E-state index in [-0.39, 0.29) is 25.0 Å². The Morgan fingerprint density at radius 3 is 1.82 bits per heavy atom. The van der Waals surface area contributed by atoms with Crippen LogP contribution in [-0.4, -0.2) is 83.3 Å². The van der Waals surface area contributed by atoms with E-state index >= 15 is 0 Å². The van der Waals surface area contributed by atoms with Crippen LogP contribution < -0.4 is 10.6 Å². The van der Waals surface area contributed by atoms with Gasteiger partial charge < -0.3 is 20.8 Å². The quantitative estimate of drug-likeness (QED) is 0.205. The molecule has 13 nitrogen and oxygen atoms in total. The van der Waals surface area contributed by atoms with Crippen LogP contribution in [0.3, 0.4) is 0 Å². The second-order valence-corrected chi connectivity index (χ2v) is 13.2. The van der Waals surface area contributed by atoms with Crippen LogP contribution in [0.5, 0.6) is 0 Å². The van der Waals surface area contributed by atoms with Gasteiger partial charge in [-0.25, -0.2) is 29.5 Å². The van der Waals surface area contributed by atoms with Crippen molar-refractivity contribution in [2.45, 2.75) is 68.0 Å². The number of aromatic nitrogens is 4. The molecule has 2 aromatic rings. The Labute approximate surface area is 282 Å². The standard InChI is InChI=1S/C28H30F6N6O7S2/c1-12(41)37-17(24(44)45)10-48-21(16-6-8-36-26(39-16)28(32,33)34)14-4-3-5-15(20(14)43)22(49-11-18(25(46)47)38-13(2)42)23-35-9-7-19(40-23)27(29,30)31/h6-9,14-15,17-18,21-22H,3-5,10-11H2,1-2H3,(H,37,41)(H,38,42)(H,44,45)(H,46,47)/t14?,15?,17-,18-,21?,22?/m0/s1. The molecule has 0 aliphatic heterocycles. The summed E-state index contributed by atoms with van der Waals surface area (Å²) in [7, 11) is 0. The number of thioether (sulfide) groups is 2. The number of rotatable bonds is 14. The highest BCUT2D eigenvalue weighted by atomic mass is 32.2. The molecule has 1 aliphatic rings. The number of Topliss-reactive ketones (excluding diaryl/α,β-unsaturated/α-hetero) is 1. The van der Waals surface area contributed by atoms with Gasteiger partial charge in [0.15, 0.2) is 0 Å². The molecule has 49 heavy (non-hydrogen) atoms. The van der Waals surface area contributed by atoms with E-state index in [0.717, 1.165) is 44.1 Å². The van der Waals surface area contributed by atoms with Crippen molar-refractivity contribution < 1.29 is 60.5 Å². The van der Waals surface area contributed by atoms with Gasteiger partial charge in [-0.1, -0.05) is 6.42 Å². The van der Waals surface area contributed by atoms with Crippen LogP contribution in [0, 0.1) is 11.8 Å². The van der Waals surface area contributed by atoms with Crippen molar-refractivity contribution in [1.29, 1.82) is 0 Å². The van der Waals surface area contributed by atoms with Crippen LogP contribution in [0.1, 0.15) is 66.6 Å². The molecule has 1 fully saturated rings. The third-order valence-corrected chi connectivity index (χ3v) is 10.0. The minimum absolute atomic E-state index is 0.0447. The highest BCUT2D eigenvalue weighted by Crippen LogP contribution is 2.48. The maximum absolute atomic E-state index is 14.3. The normalized spacial score (nSPS) is 19.3. The smallest absolute Gasteiger partial charge is 0.451 e. The summed E-state index contributed by atoms with van der Waals surface area (Å²) in [4.78, 5) is 75.5. The van der Waals surface area contributed by atoms with Gasteiger partial charge in [-0.2, -0.15) is 26.3 Å². The lowest BCUT2D eigenvalue weighted by molar-refractivity contribution is -0.145. The van der Waals surface area contributed by atoms with Crippen LogP contribution in [0.2, 0.25) is 0 Å². The lowest BCUT2D eigenvalue weighted by atomic mass is 9.76.